The van der Waals surface area contributed by atoms with Gasteiger partial charge in [-0.05, 0) is 35.1 Å². The summed E-state index contributed by atoms with van der Waals surface area (Å²) in [6, 6.07) is 14.7. The molecule has 1 aliphatic rings. The number of rotatable bonds is 7. The molecule has 3 rings (SSSR count). The Balaban J connectivity index is 1.68. The maximum atomic E-state index is 12.3. The quantitative estimate of drug-likeness (QED) is 0.792. The van der Waals surface area contributed by atoms with Gasteiger partial charge in [0.1, 0.15) is 12.6 Å². The average molecular weight is 357 g/mol. The Morgan fingerprint density at radius 2 is 1.65 bits per heavy atom. The molecule has 0 heterocycles. The van der Waals surface area contributed by atoms with Crippen LogP contribution in [0.5, 0.6) is 0 Å². The lowest BCUT2D eigenvalue weighted by Crippen LogP contribution is -2.41. The van der Waals surface area contributed by atoms with Crippen LogP contribution in [0.2, 0.25) is 0 Å². The Morgan fingerprint density at radius 1 is 1.08 bits per heavy atom. The maximum Gasteiger partial charge on any atom is 0.407 e. The maximum absolute atomic E-state index is 12.3. The van der Waals surface area contributed by atoms with Crippen LogP contribution in [0.1, 0.15) is 29.9 Å². The molecule has 6 heteroatoms. The molecule has 2 N–H and O–H groups in total. The summed E-state index contributed by atoms with van der Waals surface area (Å²) in [6.45, 7) is -0.522. The largest absolute Gasteiger partial charge is 0.480 e. The molecule has 136 valence electrons. The van der Waals surface area contributed by atoms with Crippen molar-refractivity contribution in [2.24, 2.45) is 0 Å². The molecule has 5 nitrogen and oxygen atoms in total. The van der Waals surface area contributed by atoms with E-state index in [0.29, 0.717) is 0 Å². The van der Waals surface area contributed by atoms with Gasteiger partial charge in [0.15, 0.2) is 0 Å². The van der Waals surface area contributed by atoms with Crippen molar-refractivity contribution < 1.29 is 23.8 Å². The van der Waals surface area contributed by atoms with E-state index in [0.717, 1.165) is 22.3 Å². The third-order valence-electron chi connectivity index (χ3n) is 4.56. The Hall–Kier alpha value is -2.89. The van der Waals surface area contributed by atoms with Gasteiger partial charge in [0.05, 0.1) is 6.67 Å². The molecule has 1 amide bonds. The highest BCUT2D eigenvalue weighted by atomic mass is 19.1. The predicted octanol–water partition coefficient (Wildman–Crippen LogP) is 3.73. The van der Waals surface area contributed by atoms with Crippen LogP contribution >= 0.6 is 0 Å². The lowest BCUT2D eigenvalue weighted by molar-refractivity contribution is -0.139. The van der Waals surface area contributed by atoms with Crippen molar-refractivity contribution in [1.29, 1.82) is 0 Å². The van der Waals surface area contributed by atoms with Crippen LogP contribution in [-0.4, -0.2) is 36.5 Å². The third kappa shape index (κ3) is 3.69. The van der Waals surface area contributed by atoms with E-state index in [-0.39, 0.29) is 25.4 Å². The molecule has 2 aromatic rings. The smallest absolute Gasteiger partial charge is 0.407 e. The SMILES string of the molecule is O=C(NC(CCCF)C(=O)O)OCC1c2ccccc2-c2ccccc21. The van der Waals surface area contributed by atoms with Gasteiger partial charge in [0.2, 0.25) is 0 Å². The van der Waals surface area contributed by atoms with E-state index >= 15 is 0 Å². The predicted molar refractivity (Wildman–Crippen MR) is 94.8 cm³/mol. The number of nitrogens with one attached hydrogen (secondary N) is 1. The first kappa shape index (κ1) is 17.9. The summed E-state index contributed by atoms with van der Waals surface area (Å²) >= 11 is 0. The van der Waals surface area contributed by atoms with Gasteiger partial charge in [-0.15, -0.1) is 0 Å². The van der Waals surface area contributed by atoms with Crippen LogP contribution in [0, 0.1) is 0 Å². The van der Waals surface area contributed by atoms with Crippen LogP contribution in [0.25, 0.3) is 11.1 Å². The second kappa shape index (κ2) is 7.99. The van der Waals surface area contributed by atoms with Crippen molar-refractivity contribution in [1.82, 2.24) is 5.32 Å². The van der Waals surface area contributed by atoms with Gasteiger partial charge >= 0.3 is 12.1 Å². The number of carboxylic acids is 1. The van der Waals surface area contributed by atoms with Crippen molar-refractivity contribution >= 4 is 12.1 Å². The molecule has 1 aliphatic carbocycles. The highest BCUT2D eigenvalue weighted by Gasteiger charge is 2.29. The van der Waals surface area contributed by atoms with Gasteiger partial charge in [-0.2, -0.15) is 0 Å². The Morgan fingerprint density at radius 3 is 2.19 bits per heavy atom. The number of alkyl carbamates (subject to hydrolysis) is 1. The molecule has 2 aromatic carbocycles. The first-order chi connectivity index (χ1) is 12.6. The molecule has 0 radical (unpaired) electrons. The molecule has 0 spiro atoms. The van der Waals surface area contributed by atoms with Crippen LogP contribution in [-0.2, 0) is 9.53 Å². The fourth-order valence-corrected chi connectivity index (χ4v) is 3.32. The number of aliphatic carboxylic acids is 1. The zero-order valence-electron chi connectivity index (χ0n) is 14.2. The number of ether oxygens (including phenoxy) is 1. The van der Waals surface area contributed by atoms with Gasteiger partial charge in [0.25, 0.3) is 0 Å². The normalized spacial score (nSPS) is 13.6. The molecule has 0 saturated carbocycles. The zero-order chi connectivity index (χ0) is 18.5. The van der Waals surface area contributed by atoms with Gasteiger partial charge in [-0.25, -0.2) is 9.59 Å². The van der Waals surface area contributed by atoms with Gasteiger partial charge in [0, 0.05) is 5.92 Å². The first-order valence-corrected chi connectivity index (χ1v) is 8.52. The number of benzene rings is 2. The van der Waals surface area contributed by atoms with Crippen molar-refractivity contribution in [3.63, 3.8) is 0 Å². The molecule has 0 saturated heterocycles. The molecular formula is C20H20FNO4. The average Bonchev–Trinajstić information content (AvgIpc) is 2.97. The van der Waals surface area contributed by atoms with E-state index in [1.54, 1.807) is 0 Å². The van der Waals surface area contributed by atoms with Gasteiger partial charge in [-0.1, -0.05) is 48.5 Å². The first-order valence-electron chi connectivity index (χ1n) is 8.52. The highest BCUT2D eigenvalue weighted by molar-refractivity contribution is 5.81. The second-order valence-corrected chi connectivity index (χ2v) is 6.19. The Kier molecular flexibility index (Phi) is 5.51. The monoisotopic (exact) mass is 357 g/mol. The summed E-state index contributed by atoms with van der Waals surface area (Å²) in [5, 5.41) is 11.4. The van der Waals surface area contributed by atoms with Crippen molar-refractivity contribution in [2.45, 2.75) is 24.8 Å². The van der Waals surface area contributed by atoms with Gasteiger partial charge in [-0.3, -0.25) is 4.39 Å². The zero-order valence-corrected chi connectivity index (χ0v) is 14.2. The van der Waals surface area contributed by atoms with Crippen molar-refractivity contribution in [3.8, 4) is 11.1 Å². The van der Waals surface area contributed by atoms with E-state index in [2.05, 4.69) is 5.32 Å². The molecule has 26 heavy (non-hydrogen) atoms. The van der Waals surface area contributed by atoms with Crippen molar-refractivity contribution in [3.05, 3.63) is 59.7 Å². The summed E-state index contributed by atoms with van der Waals surface area (Å²) in [5.41, 5.74) is 4.38. The second-order valence-electron chi connectivity index (χ2n) is 6.19. The topological polar surface area (TPSA) is 75.6 Å². The van der Waals surface area contributed by atoms with Crippen LogP contribution in [0.15, 0.2) is 48.5 Å². The summed E-state index contributed by atoms with van der Waals surface area (Å²) < 4.78 is 17.5. The Bertz CT molecular complexity index is 762. The van der Waals surface area contributed by atoms with E-state index in [9.17, 15) is 14.0 Å². The number of halogens is 1. The van der Waals surface area contributed by atoms with E-state index in [4.69, 9.17) is 9.84 Å². The van der Waals surface area contributed by atoms with E-state index < -0.39 is 24.8 Å². The van der Waals surface area contributed by atoms with E-state index in [1.165, 1.54) is 0 Å². The molecule has 0 fully saturated rings. The molecule has 0 bridgehead atoms. The summed E-state index contributed by atoms with van der Waals surface area (Å²) in [4.78, 5) is 23.1. The molecule has 0 aromatic heterocycles. The number of fused-ring (bicyclic) bond motifs is 3. The fourth-order valence-electron chi connectivity index (χ4n) is 3.32. The molecule has 0 aliphatic heterocycles. The van der Waals surface area contributed by atoms with Crippen LogP contribution in [0.3, 0.4) is 0 Å². The lowest BCUT2D eigenvalue weighted by atomic mass is 9.98. The summed E-state index contributed by atoms with van der Waals surface area (Å²) in [7, 11) is 0. The minimum Gasteiger partial charge on any atom is -0.480 e. The number of hydrogen-bond acceptors (Lipinski definition) is 3. The fraction of sp³-hybridized carbons (Fsp3) is 0.300. The summed E-state index contributed by atoms with van der Waals surface area (Å²) in [5.74, 6) is -1.30. The van der Waals surface area contributed by atoms with E-state index in [1.807, 2.05) is 48.5 Å². The Labute approximate surface area is 150 Å². The molecule has 1 unspecified atom stereocenters. The highest BCUT2D eigenvalue weighted by Crippen LogP contribution is 2.44. The number of carboxylic acid groups (broad SMARTS) is 1. The number of carbonyl (C=O) groups is 2. The molecular weight excluding hydrogens is 337 g/mol. The number of carbonyl (C=O) groups excluding carboxylic acids is 1. The third-order valence-corrected chi connectivity index (χ3v) is 4.56. The number of alkyl halides is 1. The molecule has 1 atom stereocenters. The number of amides is 1. The lowest BCUT2D eigenvalue weighted by Gasteiger charge is -2.17. The van der Waals surface area contributed by atoms with Crippen LogP contribution in [0.4, 0.5) is 9.18 Å². The standard InChI is InChI=1S/C20H20FNO4/c21-11-5-10-18(19(23)24)22-20(25)26-12-17-15-8-3-1-6-13(15)14-7-2-4-9-16(14)17/h1-4,6-9,17-18H,5,10-12H2,(H,22,25)(H,23,24). The van der Waals surface area contributed by atoms with Crippen LogP contribution < -0.4 is 5.32 Å². The van der Waals surface area contributed by atoms with Crippen molar-refractivity contribution in [2.75, 3.05) is 13.3 Å². The van der Waals surface area contributed by atoms with Gasteiger partial charge < -0.3 is 15.2 Å². The summed E-state index contributed by atoms with van der Waals surface area (Å²) in [6.07, 6.45) is -0.713. The number of hydrogen-bond donors (Lipinski definition) is 2. The minimum atomic E-state index is -1.20. The minimum absolute atomic E-state index is 0.0238.